The molecule has 0 aromatic heterocycles. The van der Waals surface area contributed by atoms with E-state index >= 15 is 0 Å². The highest BCUT2D eigenvalue weighted by Gasteiger charge is 2.23. The maximum atomic E-state index is 9.48. The average molecular weight is 604 g/mol. The Morgan fingerprint density at radius 2 is 1.04 bits per heavy atom. The molecule has 0 fully saturated rings. The van der Waals surface area contributed by atoms with Gasteiger partial charge in [-0.2, -0.15) is 0 Å². The largest absolute Gasteiger partial charge is 0.456 e. The monoisotopic (exact) mass is 603 g/mol. The third-order valence-corrected chi connectivity index (χ3v) is 9.64. The van der Waals surface area contributed by atoms with Gasteiger partial charge in [0.25, 0.3) is 0 Å². The van der Waals surface area contributed by atoms with Crippen LogP contribution in [0.1, 0.15) is 12.3 Å². The fourth-order valence-electron chi connectivity index (χ4n) is 7.60. The zero-order valence-electron chi connectivity index (χ0n) is 33.7. The minimum Gasteiger partial charge on any atom is -0.456 e. The molecule has 0 bridgehead atoms. The second-order valence-electron chi connectivity index (χ2n) is 12.1. The van der Waals surface area contributed by atoms with Crippen LogP contribution in [0.5, 0.6) is 11.5 Å². The zero-order valence-corrected chi connectivity index (χ0v) is 24.7. The molecule has 1 aliphatic rings. The highest BCUT2D eigenvalue weighted by Crippen LogP contribution is 2.50. The van der Waals surface area contributed by atoms with Gasteiger partial charge in [0.2, 0.25) is 0 Å². The van der Waals surface area contributed by atoms with E-state index in [1.807, 2.05) is 60.7 Å². The van der Waals surface area contributed by atoms with Gasteiger partial charge < -0.3 is 4.74 Å². The van der Waals surface area contributed by atoms with Crippen molar-refractivity contribution in [2.24, 2.45) is 0 Å². The summed E-state index contributed by atoms with van der Waals surface area (Å²) in [5, 5.41) is 6.26. The molecule has 47 heavy (non-hydrogen) atoms. The highest BCUT2D eigenvalue weighted by molar-refractivity contribution is 6.26. The first-order chi connectivity index (χ1) is 27.1. The fraction of sp³-hybridized carbons (Fsp3) is 0. The molecule has 0 aliphatic carbocycles. The zero-order chi connectivity index (χ0) is 38.5. The van der Waals surface area contributed by atoms with E-state index in [-0.39, 0.29) is 62.1 Å². The molecule has 10 aromatic rings. The van der Waals surface area contributed by atoms with Crippen LogP contribution in [0.3, 0.4) is 0 Å². The molecule has 0 amide bonds. The predicted octanol–water partition coefficient (Wildman–Crippen LogP) is 13.2. The van der Waals surface area contributed by atoms with Crippen LogP contribution < -0.4 is 4.74 Å². The second kappa shape index (κ2) is 9.19. The van der Waals surface area contributed by atoms with E-state index in [4.69, 9.17) is 13.0 Å². The van der Waals surface area contributed by atoms with E-state index in [0.717, 1.165) is 66.1 Å². The Bertz CT molecular complexity index is 3420. The van der Waals surface area contributed by atoms with Gasteiger partial charge in [0.1, 0.15) is 11.5 Å². The number of hydrogen-bond acceptors (Lipinski definition) is 1. The Morgan fingerprint density at radius 1 is 0.362 bits per heavy atom. The third kappa shape index (κ3) is 3.43. The van der Waals surface area contributed by atoms with Crippen molar-refractivity contribution in [2.45, 2.75) is 0 Å². The van der Waals surface area contributed by atoms with E-state index in [1.165, 1.54) is 0 Å². The van der Waals surface area contributed by atoms with Crippen LogP contribution in [0.2, 0.25) is 0 Å². The van der Waals surface area contributed by atoms with Crippen molar-refractivity contribution >= 4 is 64.6 Å². The SMILES string of the molecule is [2H]c1c([2H])c2c([2H])c([2H])c3c([2H])c([2H])c(-c4cccc5cccc(-c6ccc7c(c6)-c6cccc8c6c(cc6ccccc68)O7)c45)c4c([2H])c([2H])c(c1[2H])c2c34. The predicted molar refractivity (Wildman–Crippen MR) is 199 cm³/mol. The number of hydrogen-bond donors (Lipinski definition) is 0. The Labute approximate surface area is 283 Å². The fourth-order valence-corrected chi connectivity index (χ4v) is 7.60. The Morgan fingerprint density at radius 3 is 1.91 bits per heavy atom. The second-order valence-corrected chi connectivity index (χ2v) is 12.1. The van der Waals surface area contributed by atoms with Crippen LogP contribution in [0.4, 0.5) is 0 Å². The number of ether oxygens (including phenoxy) is 1. The summed E-state index contributed by atoms with van der Waals surface area (Å²) >= 11 is 0. The van der Waals surface area contributed by atoms with Crippen molar-refractivity contribution in [2.75, 3.05) is 0 Å². The van der Waals surface area contributed by atoms with Gasteiger partial charge in [-0.05, 0) is 105 Å². The van der Waals surface area contributed by atoms with Crippen molar-refractivity contribution in [3.63, 3.8) is 0 Å². The molecule has 1 heterocycles. The average Bonchev–Trinajstić information content (AvgIpc) is 3.21. The highest BCUT2D eigenvalue weighted by atomic mass is 16.5. The van der Waals surface area contributed by atoms with E-state index in [0.29, 0.717) is 5.56 Å². The van der Waals surface area contributed by atoms with Gasteiger partial charge in [-0.25, -0.2) is 0 Å². The molecule has 0 unspecified atom stereocenters. The molecule has 216 valence electrons. The van der Waals surface area contributed by atoms with Crippen molar-refractivity contribution in [1.82, 2.24) is 0 Å². The lowest BCUT2D eigenvalue weighted by molar-refractivity contribution is 0.488. The van der Waals surface area contributed by atoms with E-state index < -0.39 is 30.2 Å². The smallest absolute Gasteiger partial charge is 0.136 e. The standard InChI is InChI=1S/C46H26O/c1-2-12-33-31(7-1)26-42-46-36(33)15-6-16-38(46)40-25-32(21-24-41(40)47-42)34-13-4-10-27-11-5-14-37(44(27)34)35-22-19-30-18-17-28-8-3-9-29-20-23-39(35)45(30)43(28)29/h1-26H/i3D,8D,9D,17D,18D,19D,20D,22D,23D. The summed E-state index contributed by atoms with van der Waals surface area (Å²) in [6, 6.07) is 30.9. The first-order valence-electron chi connectivity index (χ1n) is 20.0. The van der Waals surface area contributed by atoms with Gasteiger partial charge >= 0.3 is 0 Å². The Balaban J connectivity index is 1.23. The van der Waals surface area contributed by atoms with Crippen LogP contribution >= 0.6 is 0 Å². The quantitative estimate of drug-likeness (QED) is 0.179. The molecule has 0 saturated carbocycles. The lowest BCUT2D eigenvalue weighted by Crippen LogP contribution is -1.98. The molecular weight excluding hydrogens is 569 g/mol. The molecule has 1 nitrogen and oxygen atoms in total. The van der Waals surface area contributed by atoms with Gasteiger partial charge in [-0.1, -0.05) is 139 Å². The maximum Gasteiger partial charge on any atom is 0.136 e. The maximum absolute atomic E-state index is 9.48. The lowest BCUT2D eigenvalue weighted by atomic mass is 9.86. The first-order valence-corrected chi connectivity index (χ1v) is 15.5. The molecule has 1 heteroatoms. The number of rotatable bonds is 2. The molecule has 0 saturated heterocycles. The third-order valence-electron chi connectivity index (χ3n) is 9.64. The van der Waals surface area contributed by atoms with E-state index in [2.05, 4.69) is 42.5 Å². The summed E-state index contributed by atoms with van der Waals surface area (Å²) in [5.41, 5.74) is 4.45. The summed E-state index contributed by atoms with van der Waals surface area (Å²) in [6.45, 7) is 0. The molecule has 0 radical (unpaired) electrons. The van der Waals surface area contributed by atoms with Gasteiger partial charge in [-0.3, -0.25) is 0 Å². The summed E-state index contributed by atoms with van der Waals surface area (Å²) in [7, 11) is 0. The molecule has 1 aliphatic heterocycles. The van der Waals surface area contributed by atoms with Crippen LogP contribution in [0.25, 0.3) is 98.0 Å². The van der Waals surface area contributed by atoms with Crippen LogP contribution in [0, 0.1) is 0 Å². The Kier molecular flexibility index (Phi) is 3.54. The topological polar surface area (TPSA) is 9.23 Å². The minimum atomic E-state index is -0.494. The summed E-state index contributed by atoms with van der Waals surface area (Å²) in [5.74, 6) is 1.52. The molecule has 0 N–H and O–H groups in total. The minimum absolute atomic E-state index is 0.0429. The number of fused-ring (bicyclic) bond motifs is 5. The molecule has 11 rings (SSSR count). The molecule has 0 atom stereocenters. The molecule has 10 aromatic carbocycles. The lowest BCUT2D eigenvalue weighted by Gasteiger charge is -2.23. The van der Waals surface area contributed by atoms with Crippen LogP contribution in [-0.2, 0) is 0 Å². The van der Waals surface area contributed by atoms with Crippen molar-refractivity contribution in [3.8, 4) is 44.9 Å². The van der Waals surface area contributed by atoms with E-state index in [9.17, 15) is 4.11 Å². The summed E-state index contributed by atoms with van der Waals surface area (Å²) < 4.78 is 87.6. The molecule has 0 spiro atoms. The van der Waals surface area contributed by atoms with Crippen LogP contribution in [0.15, 0.2) is 158 Å². The summed E-state index contributed by atoms with van der Waals surface area (Å²) in [4.78, 5) is 0. The van der Waals surface area contributed by atoms with Crippen molar-refractivity contribution < 1.29 is 17.1 Å². The molecular formula is C46H26O. The van der Waals surface area contributed by atoms with Gasteiger partial charge in [0, 0.05) is 10.9 Å². The van der Waals surface area contributed by atoms with Gasteiger partial charge in [0.15, 0.2) is 0 Å². The van der Waals surface area contributed by atoms with Gasteiger partial charge in [-0.15, -0.1) is 0 Å². The number of benzene rings is 10. The van der Waals surface area contributed by atoms with Crippen LogP contribution in [-0.4, -0.2) is 0 Å². The Hall–Kier alpha value is -6.18. The van der Waals surface area contributed by atoms with Gasteiger partial charge in [0.05, 0.1) is 12.3 Å². The van der Waals surface area contributed by atoms with Crippen molar-refractivity contribution in [1.29, 1.82) is 0 Å². The van der Waals surface area contributed by atoms with E-state index in [1.54, 1.807) is 0 Å². The normalized spacial score (nSPS) is 15.1. The van der Waals surface area contributed by atoms with Crippen molar-refractivity contribution in [3.05, 3.63) is 158 Å². The summed E-state index contributed by atoms with van der Waals surface area (Å²) in [6.07, 6.45) is 0. The first kappa shape index (κ1) is 18.1.